The quantitative estimate of drug-likeness (QED) is 0.331. The van der Waals surface area contributed by atoms with Crippen LogP contribution in [-0.4, -0.2) is 67.0 Å². The fourth-order valence-electron chi connectivity index (χ4n) is 5.48. The van der Waals surface area contributed by atoms with Crippen LogP contribution in [0.1, 0.15) is 84.1 Å². The molecule has 0 aliphatic carbocycles. The third-order valence-electron chi connectivity index (χ3n) is 7.87. The van der Waals surface area contributed by atoms with Crippen molar-refractivity contribution >= 4 is 23.7 Å². The van der Waals surface area contributed by atoms with E-state index in [1.54, 1.807) is 38.3 Å². The topological polar surface area (TPSA) is 134 Å². The zero-order valence-corrected chi connectivity index (χ0v) is 26.7. The van der Waals surface area contributed by atoms with Crippen LogP contribution < -0.4 is 20.1 Å². The van der Waals surface area contributed by atoms with Gasteiger partial charge < -0.3 is 30.1 Å². The van der Waals surface area contributed by atoms with Crippen molar-refractivity contribution in [3.8, 4) is 11.5 Å². The number of hydrogen-bond acceptors (Lipinski definition) is 6. The zero-order valence-electron chi connectivity index (χ0n) is 26.7. The molecule has 0 spiro atoms. The molecule has 4 atom stereocenters. The van der Waals surface area contributed by atoms with Gasteiger partial charge in [0, 0.05) is 37.1 Å². The molecule has 0 saturated heterocycles. The summed E-state index contributed by atoms with van der Waals surface area (Å²) in [6.07, 6.45) is 9.45. The fourth-order valence-corrected chi connectivity index (χ4v) is 5.48. The second kappa shape index (κ2) is 18.2. The van der Waals surface area contributed by atoms with Gasteiger partial charge in [-0.25, -0.2) is 4.79 Å². The van der Waals surface area contributed by atoms with E-state index in [1.807, 2.05) is 39.0 Å². The summed E-state index contributed by atoms with van der Waals surface area (Å²) in [4.78, 5) is 54.3. The summed E-state index contributed by atoms with van der Waals surface area (Å²) in [7, 11) is 4.78. The molecule has 4 unspecified atom stereocenters. The number of amides is 3. The summed E-state index contributed by atoms with van der Waals surface area (Å²) in [6.45, 7) is 6.18. The highest BCUT2D eigenvalue weighted by Crippen LogP contribution is 2.27. The van der Waals surface area contributed by atoms with Crippen molar-refractivity contribution in [2.45, 2.75) is 97.2 Å². The summed E-state index contributed by atoms with van der Waals surface area (Å²) in [5.41, 5.74) is 0.777. The molecule has 0 aromatic heterocycles. The van der Waals surface area contributed by atoms with Crippen molar-refractivity contribution in [3.05, 3.63) is 35.9 Å². The smallest absolute Gasteiger partial charge is 0.326 e. The Morgan fingerprint density at radius 2 is 1.81 bits per heavy atom. The molecular weight excluding hydrogens is 550 g/mol. The highest BCUT2D eigenvalue weighted by atomic mass is 16.5. The number of benzene rings is 1. The molecule has 0 saturated carbocycles. The maximum atomic E-state index is 13.7. The maximum absolute atomic E-state index is 13.7. The highest BCUT2D eigenvalue weighted by molar-refractivity contribution is 5.91. The van der Waals surface area contributed by atoms with Crippen LogP contribution in [0.25, 0.3) is 0 Å². The van der Waals surface area contributed by atoms with E-state index in [-0.39, 0.29) is 36.6 Å². The molecule has 3 N–H and O–H groups in total. The van der Waals surface area contributed by atoms with Crippen molar-refractivity contribution in [3.63, 3.8) is 0 Å². The number of carbonyl (C=O) groups is 4. The van der Waals surface area contributed by atoms with E-state index in [0.717, 1.165) is 44.1 Å². The van der Waals surface area contributed by atoms with Gasteiger partial charge in [0.15, 0.2) is 0 Å². The van der Waals surface area contributed by atoms with E-state index in [1.165, 1.54) is 0 Å². The summed E-state index contributed by atoms with van der Waals surface area (Å²) >= 11 is 0. The Labute approximate surface area is 256 Å². The number of methoxy groups -OCH3 is 2. The molecule has 10 nitrogen and oxygen atoms in total. The van der Waals surface area contributed by atoms with Crippen LogP contribution >= 0.6 is 0 Å². The number of allylic oxidation sites excluding steroid dienone is 2. The Morgan fingerprint density at radius 1 is 1.07 bits per heavy atom. The van der Waals surface area contributed by atoms with Crippen LogP contribution in [-0.2, 0) is 25.7 Å². The Hall–Kier alpha value is -3.56. The van der Waals surface area contributed by atoms with E-state index in [0.29, 0.717) is 24.3 Å². The van der Waals surface area contributed by atoms with Crippen molar-refractivity contribution in [1.29, 1.82) is 0 Å². The predicted molar refractivity (Wildman–Crippen MR) is 166 cm³/mol. The Balaban J connectivity index is 2.34. The van der Waals surface area contributed by atoms with Gasteiger partial charge in [-0.05, 0) is 63.0 Å². The molecule has 3 amide bonds. The number of carboxylic acids is 1. The summed E-state index contributed by atoms with van der Waals surface area (Å²) in [5, 5.41) is 15.7. The average Bonchev–Trinajstić information content (AvgIpc) is 2.97. The number of aliphatic carboxylic acids is 1. The monoisotopic (exact) mass is 601 g/mol. The predicted octanol–water partition coefficient (Wildman–Crippen LogP) is 4.71. The number of nitrogens with one attached hydrogen (secondary N) is 2. The van der Waals surface area contributed by atoms with E-state index >= 15 is 0 Å². The third-order valence-corrected chi connectivity index (χ3v) is 7.87. The van der Waals surface area contributed by atoms with Crippen LogP contribution in [0, 0.1) is 17.8 Å². The summed E-state index contributed by atoms with van der Waals surface area (Å²) in [5.74, 6) is -1.76. The molecule has 0 fully saturated rings. The molecule has 1 heterocycles. The van der Waals surface area contributed by atoms with Gasteiger partial charge in [0.2, 0.25) is 17.7 Å². The minimum absolute atomic E-state index is 0.0882. The van der Waals surface area contributed by atoms with Gasteiger partial charge in [-0.3, -0.25) is 14.4 Å². The number of hydrogen-bond donors (Lipinski definition) is 3. The molecule has 1 aromatic carbocycles. The number of ether oxygens (including phenoxy) is 2. The lowest BCUT2D eigenvalue weighted by Gasteiger charge is -2.28. The lowest BCUT2D eigenvalue weighted by molar-refractivity contribution is -0.144. The molecule has 43 heavy (non-hydrogen) atoms. The second-order valence-corrected chi connectivity index (χ2v) is 11.9. The highest BCUT2D eigenvalue weighted by Gasteiger charge is 2.33. The van der Waals surface area contributed by atoms with Crippen molar-refractivity contribution < 1.29 is 33.8 Å². The number of carboxylic acid groups (broad SMARTS) is 1. The first kappa shape index (κ1) is 35.6. The lowest BCUT2D eigenvalue weighted by Crippen LogP contribution is -2.53. The maximum Gasteiger partial charge on any atom is 0.326 e. The number of carbonyl (C=O) groups excluding carboxylic acids is 3. The standard InChI is InChI=1S/C33H51N3O7/c1-7-13-23-14-11-9-8-10-12-15-24(32(39)36(4)21-25-16-17-26(42-5)20-29(25)43-6)19-28(33(40)41)35-31(38)27(18-22(2)3)34-30(23)37/h10,12,16-17,20,22-24,27-28H,7-9,11,13-15,18-19,21H2,1-6H3,(H,34,37)(H,35,38)(H,40,41). The van der Waals surface area contributed by atoms with Gasteiger partial charge in [0.05, 0.1) is 14.2 Å². The normalized spacial score (nSPS) is 22.4. The van der Waals surface area contributed by atoms with Crippen molar-refractivity contribution in [1.82, 2.24) is 15.5 Å². The molecule has 1 aromatic rings. The molecule has 10 heteroatoms. The van der Waals surface area contributed by atoms with Gasteiger partial charge in [0.25, 0.3) is 0 Å². The summed E-state index contributed by atoms with van der Waals surface area (Å²) in [6, 6.07) is 3.20. The molecule has 2 rings (SSSR count). The number of rotatable bonds is 10. The molecule has 0 radical (unpaired) electrons. The van der Waals surface area contributed by atoms with Crippen LogP contribution in [0.4, 0.5) is 0 Å². The molecule has 0 bridgehead atoms. The van der Waals surface area contributed by atoms with E-state index in [2.05, 4.69) is 10.6 Å². The molecule has 1 aliphatic heterocycles. The lowest BCUT2D eigenvalue weighted by atomic mass is 9.92. The zero-order chi connectivity index (χ0) is 31.9. The largest absolute Gasteiger partial charge is 0.497 e. The minimum Gasteiger partial charge on any atom is -0.497 e. The molecular formula is C33H51N3O7. The van der Waals surface area contributed by atoms with Gasteiger partial charge in [-0.15, -0.1) is 0 Å². The van der Waals surface area contributed by atoms with Gasteiger partial charge >= 0.3 is 5.97 Å². The third kappa shape index (κ3) is 11.6. The first-order chi connectivity index (χ1) is 20.5. The van der Waals surface area contributed by atoms with Crippen LogP contribution in [0.3, 0.4) is 0 Å². The second-order valence-electron chi connectivity index (χ2n) is 11.9. The number of nitrogens with zero attached hydrogens (tertiary/aromatic N) is 1. The van der Waals surface area contributed by atoms with Gasteiger partial charge in [0.1, 0.15) is 23.6 Å². The first-order valence-electron chi connectivity index (χ1n) is 15.4. The van der Waals surface area contributed by atoms with E-state index < -0.39 is 29.9 Å². The van der Waals surface area contributed by atoms with E-state index in [9.17, 15) is 24.3 Å². The Bertz CT molecular complexity index is 1100. The fraction of sp³-hybridized carbons (Fsp3) is 0.636. The van der Waals surface area contributed by atoms with Gasteiger partial charge in [-0.2, -0.15) is 0 Å². The minimum atomic E-state index is -1.30. The Kier molecular flexibility index (Phi) is 15.1. The summed E-state index contributed by atoms with van der Waals surface area (Å²) < 4.78 is 10.8. The molecule has 240 valence electrons. The van der Waals surface area contributed by atoms with Gasteiger partial charge in [-0.1, -0.05) is 45.8 Å². The Morgan fingerprint density at radius 3 is 2.44 bits per heavy atom. The van der Waals surface area contributed by atoms with Crippen molar-refractivity contribution in [2.24, 2.45) is 17.8 Å². The van der Waals surface area contributed by atoms with E-state index in [4.69, 9.17) is 9.47 Å². The van der Waals surface area contributed by atoms with Crippen LogP contribution in [0.15, 0.2) is 30.4 Å². The SMILES string of the molecule is CCCC1CCCCC=CCC(C(=O)N(C)Cc2ccc(OC)cc2OC)CC(C(=O)O)NC(=O)C(CC(C)C)NC1=O. The molecule has 1 aliphatic rings. The first-order valence-corrected chi connectivity index (χ1v) is 15.4. The van der Waals surface area contributed by atoms with Crippen molar-refractivity contribution in [2.75, 3.05) is 21.3 Å². The average molecular weight is 602 g/mol. The van der Waals surface area contributed by atoms with Crippen LogP contribution in [0.2, 0.25) is 0 Å². The van der Waals surface area contributed by atoms with Crippen LogP contribution in [0.5, 0.6) is 11.5 Å².